The van der Waals surface area contributed by atoms with E-state index in [0.29, 0.717) is 30.7 Å². The van der Waals surface area contributed by atoms with E-state index >= 15 is 0 Å². The van der Waals surface area contributed by atoms with Gasteiger partial charge in [0.25, 0.3) is 5.91 Å². The second-order valence-corrected chi connectivity index (χ2v) is 11.1. The zero-order valence-electron chi connectivity index (χ0n) is 20.9. The number of hydrogen-bond acceptors (Lipinski definition) is 8. The minimum atomic E-state index is -0.917. The van der Waals surface area contributed by atoms with Crippen molar-refractivity contribution in [2.75, 3.05) is 19.1 Å². The van der Waals surface area contributed by atoms with Crippen molar-refractivity contribution in [1.82, 2.24) is 19.8 Å². The monoisotopic (exact) mass is 545 g/mol. The number of aromatic hydroxyl groups is 1. The molecule has 1 amide bonds. The molecule has 1 aliphatic carbocycles. The number of aromatic nitrogens is 3. The second-order valence-electron chi connectivity index (χ2n) is 10.1. The molecule has 2 aliphatic rings. The maximum absolute atomic E-state index is 14.1. The number of carbonyl (C=O) groups is 2. The third kappa shape index (κ3) is 3.83. The smallest absolute Gasteiger partial charge is 0.309 e. The summed E-state index contributed by atoms with van der Waals surface area (Å²) in [6, 6.07) is 3.22. The van der Waals surface area contributed by atoms with E-state index in [1.54, 1.807) is 26.0 Å². The van der Waals surface area contributed by atoms with Crippen LogP contribution >= 0.6 is 11.3 Å². The van der Waals surface area contributed by atoms with E-state index in [9.17, 15) is 33.4 Å². The third-order valence-corrected chi connectivity index (χ3v) is 8.90. The molecule has 1 spiro atoms. The fourth-order valence-corrected chi connectivity index (χ4v) is 6.15. The predicted molar refractivity (Wildman–Crippen MR) is 134 cm³/mol. The summed E-state index contributed by atoms with van der Waals surface area (Å²) in [5.41, 5.74) is -2.59. The number of fused-ring (bicyclic) bond motifs is 1. The van der Waals surface area contributed by atoms with Gasteiger partial charge in [0.1, 0.15) is 22.3 Å². The van der Waals surface area contributed by atoms with Crippen molar-refractivity contribution < 1.29 is 28.6 Å². The van der Waals surface area contributed by atoms with Crippen LogP contribution in [0.1, 0.15) is 53.7 Å². The summed E-state index contributed by atoms with van der Waals surface area (Å²) in [4.78, 5) is 39.7. The van der Waals surface area contributed by atoms with Crippen LogP contribution in [0.3, 0.4) is 0 Å². The molecule has 1 aliphatic heterocycles. The van der Waals surface area contributed by atoms with E-state index < -0.39 is 45.8 Å². The number of amides is 1. The molecule has 0 bridgehead atoms. The van der Waals surface area contributed by atoms with Gasteiger partial charge in [-0.1, -0.05) is 17.4 Å². The minimum absolute atomic E-state index is 0.000106. The molecule has 0 unspecified atom stereocenters. The average Bonchev–Trinajstić information content (AvgIpc) is 3.34. The molecule has 0 atom stereocenters. The fraction of sp³-hybridized carbons (Fsp3) is 0.400. The number of nitrogens with zero attached hydrogens (tertiary/aromatic N) is 5. The first-order valence-electron chi connectivity index (χ1n) is 11.9. The quantitative estimate of drug-likeness (QED) is 0.512. The summed E-state index contributed by atoms with van der Waals surface area (Å²) in [5.74, 6) is -3.62. The first-order chi connectivity index (χ1) is 17.9. The molecule has 2 aromatic heterocycles. The topological polar surface area (TPSA) is 129 Å². The van der Waals surface area contributed by atoms with Crippen LogP contribution in [0.15, 0.2) is 29.2 Å². The molecule has 38 heavy (non-hydrogen) atoms. The zero-order chi connectivity index (χ0) is 27.6. The minimum Gasteiger partial charge on any atom is -0.502 e. The first-order valence-corrected chi connectivity index (χ1v) is 12.7. The molecule has 10 nitrogen and oxygen atoms in total. The maximum atomic E-state index is 14.1. The number of pyridine rings is 1. The van der Waals surface area contributed by atoms with Crippen molar-refractivity contribution in [3.8, 4) is 16.3 Å². The van der Waals surface area contributed by atoms with Crippen LogP contribution in [0.2, 0.25) is 0 Å². The van der Waals surface area contributed by atoms with Crippen molar-refractivity contribution in [3.63, 3.8) is 0 Å². The van der Waals surface area contributed by atoms with Gasteiger partial charge in [-0.15, -0.1) is 10.2 Å². The highest BCUT2D eigenvalue weighted by atomic mass is 32.1. The molecule has 3 heterocycles. The highest BCUT2D eigenvalue weighted by Crippen LogP contribution is 2.46. The van der Waals surface area contributed by atoms with E-state index in [2.05, 4.69) is 10.2 Å². The molecular formula is C25H25F2N5O5S. The van der Waals surface area contributed by atoms with E-state index in [1.807, 2.05) is 0 Å². The lowest BCUT2D eigenvalue weighted by Crippen LogP contribution is -2.69. The Hall–Kier alpha value is -3.87. The van der Waals surface area contributed by atoms with Crippen LogP contribution in [-0.2, 0) is 11.2 Å². The Morgan fingerprint density at radius 3 is 2.45 bits per heavy atom. The largest absolute Gasteiger partial charge is 0.502 e. The summed E-state index contributed by atoms with van der Waals surface area (Å²) in [6.07, 6.45) is 2.83. The van der Waals surface area contributed by atoms with Crippen LogP contribution < -0.4 is 10.4 Å². The standard InChI is InChI=1S/C25H25F2N5O5S/c1-24(23(36)37)6-8-25(9-7-24)30(2)22(35)18-20(34)19(33)15(12-32(18)31(25)3)21-29-28-17(38-21)10-13-4-5-14(26)11-16(13)27/h4-5,11-12,34H,6-10H2,1-3H3,(H,36,37). The Bertz CT molecular complexity index is 1530. The number of benzene rings is 1. The number of carbonyl (C=O) groups excluding carboxylic acids is 1. The van der Waals surface area contributed by atoms with Crippen LogP contribution in [0.5, 0.6) is 5.75 Å². The van der Waals surface area contributed by atoms with Gasteiger partial charge < -0.3 is 15.1 Å². The Labute approximate surface area is 219 Å². The van der Waals surface area contributed by atoms with Crippen molar-refractivity contribution in [2.45, 2.75) is 44.7 Å². The third-order valence-electron chi connectivity index (χ3n) is 7.95. The molecule has 13 heteroatoms. The van der Waals surface area contributed by atoms with Crippen LogP contribution in [-0.4, -0.2) is 61.6 Å². The fourth-order valence-electron chi connectivity index (χ4n) is 5.28. The number of carboxylic acid groups (broad SMARTS) is 1. The lowest BCUT2D eigenvalue weighted by Gasteiger charge is -2.56. The number of aliphatic carboxylic acids is 1. The Morgan fingerprint density at radius 1 is 1.13 bits per heavy atom. The lowest BCUT2D eigenvalue weighted by atomic mass is 9.70. The zero-order valence-corrected chi connectivity index (χ0v) is 21.7. The highest BCUT2D eigenvalue weighted by molar-refractivity contribution is 7.14. The van der Waals surface area contributed by atoms with Gasteiger partial charge in [0.05, 0.1) is 11.0 Å². The van der Waals surface area contributed by atoms with Gasteiger partial charge in [0.2, 0.25) is 5.43 Å². The Balaban J connectivity index is 1.53. The van der Waals surface area contributed by atoms with E-state index in [4.69, 9.17) is 0 Å². The maximum Gasteiger partial charge on any atom is 0.309 e. The summed E-state index contributed by atoms with van der Waals surface area (Å²) >= 11 is 1.01. The van der Waals surface area contributed by atoms with E-state index in [1.165, 1.54) is 21.8 Å². The van der Waals surface area contributed by atoms with Gasteiger partial charge in [-0.25, -0.2) is 8.78 Å². The van der Waals surface area contributed by atoms with E-state index in [0.717, 1.165) is 23.5 Å². The molecule has 5 rings (SSSR count). The van der Waals surface area contributed by atoms with Gasteiger partial charge in [-0.2, -0.15) is 0 Å². The number of hydrogen-bond donors (Lipinski definition) is 2. The van der Waals surface area contributed by atoms with Crippen LogP contribution in [0.25, 0.3) is 10.6 Å². The number of halogens is 2. The SMILES string of the molecule is CN1C(=O)c2c(O)c(=O)c(-c3nnc(Cc4ccc(F)cc4F)s3)cn2N(C)C12CCC(C)(C(=O)O)CC2. The Morgan fingerprint density at radius 2 is 1.82 bits per heavy atom. The van der Waals surface area contributed by atoms with Gasteiger partial charge in [0, 0.05) is 32.8 Å². The second kappa shape index (κ2) is 8.86. The Kier molecular flexibility index (Phi) is 6.01. The van der Waals surface area contributed by atoms with Crippen molar-refractivity contribution in [2.24, 2.45) is 5.41 Å². The summed E-state index contributed by atoms with van der Waals surface area (Å²) in [5, 5.41) is 30.8. The van der Waals surface area contributed by atoms with Gasteiger partial charge in [-0.05, 0) is 44.2 Å². The van der Waals surface area contributed by atoms with Crippen molar-refractivity contribution >= 4 is 23.2 Å². The van der Waals surface area contributed by atoms with Gasteiger partial charge in [0.15, 0.2) is 16.5 Å². The molecular weight excluding hydrogens is 520 g/mol. The average molecular weight is 546 g/mol. The molecule has 0 saturated heterocycles. The van der Waals surface area contributed by atoms with Crippen molar-refractivity contribution in [1.29, 1.82) is 0 Å². The summed E-state index contributed by atoms with van der Waals surface area (Å²) in [6.45, 7) is 1.69. The molecule has 1 fully saturated rings. The highest BCUT2D eigenvalue weighted by Gasteiger charge is 2.53. The normalized spacial score (nSPS) is 23.1. The number of carboxylic acids is 1. The van der Waals surface area contributed by atoms with Crippen molar-refractivity contribution in [3.05, 3.63) is 62.5 Å². The first kappa shape index (κ1) is 25.8. The molecule has 1 saturated carbocycles. The van der Waals surface area contributed by atoms with Gasteiger partial charge in [-0.3, -0.25) is 24.1 Å². The molecule has 2 N–H and O–H groups in total. The molecule has 1 aromatic carbocycles. The molecule has 0 radical (unpaired) electrons. The number of rotatable bonds is 4. The predicted octanol–water partition coefficient (Wildman–Crippen LogP) is 2.96. The molecule has 200 valence electrons. The molecule has 3 aromatic rings. The van der Waals surface area contributed by atoms with Gasteiger partial charge >= 0.3 is 5.97 Å². The summed E-state index contributed by atoms with van der Waals surface area (Å²) < 4.78 is 28.8. The lowest BCUT2D eigenvalue weighted by molar-refractivity contribution is -0.151. The van der Waals surface area contributed by atoms with Crippen LogP contribution in [0, 0.1) is 17.0 Å². The summed E-state index contributed by atoms with van der Waals surface area (Å²) in [7, 11) is 3.29. The van der Waals surface area contributed by atoms with Crippen LogP contribution in [0.4, 0.5) is 8.78 Å². The van der Waals surface area contributed by atoms with E-state index in [-0.39, 0.29) is 28.2 Å².